The summed E-state index contributed by atoms with van der Waals surface area (Å²) >= 11 is 0. The molecule has 1 amide bonds. The smallest absolute Gasteiger partial charge is 0.471 e. The van der Waals surface area contributed by atoms with Gasteiger partial charge in [0.25, 0.3) is 5.56 Å². The highest BCUT2D eigenvalue weighted by Gasteiger charge is 2.62. The van der Waals surface area contributed by atoms with E-state index in [0.717, 1.165) is 4.57 Å². The van der Waals surface area contributed by atoms with Gasteiger partial charge in [0.1, 0.15) is 29.4 Å². The number of alkyl halides is 3. The molecule has 254 valence electrons. The van der Waals surface area contributed by atoms with Gasteiger partial charge in [0, 0.05) is 18.2 Å². The molecule has 1 fully saturated rings. The van der Waals surface area contributed by atoms with E-state index in [1.54, 1.807) is 84.2 Å². The first-order chi connectivity index (χ1) is 22.8. The van der Waals surface area contributed by atoms with Crippen molar-refractivity contribution in [3.8, 4) is 11.5 Å². The average Bonchev–Trinajstić information content (AvgIpc) is 3.42. The Labute approximate surface area is 272 Å². The van der Waals surface area contributed by atoms with Gasteiger partial charge in [0.15, 0.2) is 0 Å². The SMILES string of the molecule is COc1ccc(C(c2ccccc2)(c2ccc(OC)cc2)C(O)[C@@]2(CNC(=O)C(F)(F)F)O[C@@H](n3cc(C)c(=O)[nH]c3=O)C[C@@H]2O)cc1. The lowest BCUT2D eigenvalue weighted by Gasteiger charge is -2.48. The van der Waals surface area contributed by atoms with E-state index in [2.05, 4.69) is 4.98 Å². The van der Waals surface area contributed by atoms with Gasteiger partial charge in [0.2, 0.25) is 0 Å². The molecule has 48 heavy (non-hydrogen) atoms. The number of rotatable bonds is 10. The Bertz CT molecular complexity index is 1810. The number of amides is 1. The fourth-order valence-electron chi connectivity index (χ4n) is 6.31. The van der Waals surface area contributed by atoms with Crippen molar-refractivity contribution in [2.75, 3.05) is 20.8 Å². The van der Waals surface area contributed by atoms with Crippen LogP contribution in [0, 0.1) is 6.92 Å². The Morgan fingerprint density at radius 1 is 0.979 bits per heavy atom. The summed E-state index contributed by atoms with van der Waals surface area (Å²) in [5, 5.41) is 26.5. The first-order valence-corrected chi connectivity index (χ1v) is 14.8. The molecule has 14 heteroatoms. The first kappa shape index (κ1) is 34.4. The van der Waals surface area contributed by atoms with Crippen molar-refractivity contribution >= 4 is 5.91 Å². The lowest BCUT2D eigenvalue weighted by atomic mass is 9.61. The van der Waals surface area contributed by atoms with Gasteiger partial charge in [-0.05, 0) is 47.9 Å². The van der Waals surface area contributed by atoms with Gasteiger partial charge in [-0.2, -0.15) is 13.2 Å². The van der Waals surface area contributed by atoms with Crippen LogP contribution in [0.1, 0.15) is 34.9 Å². The summed E-state index contributed by atoms with van der Waals surface area (Å²) in [6, 6.07) is 21.8. The van der Waals surface area contributed by atoms with Crippen LogP contribution in [0.25, 0.3) is 0 Å². The monoisotopic (exact) mass is 669 g/mol. The number of methoxy groups -OCH3 is 2. The minimum atomic E-state index is -5.30. The van der Waals surface area contributed by atoms with Crippen LogP contribution < -0.4 is 26.0 Å². The van der Waals surface area contributed by atoms with Crippen LogP contribution >= 0.6 is 0 Å². The van der Waals surface area contributed by atoms with E-state index in [9.17, 15) is 37.8 Å². The van der Waals surface area contributed by atoms with Gasteiger partial charge in [-0.25, -0.2) is 4.79 Å². The van der Waals surface area contributed by atoms with Gasteiger partial charge >= 0.3 is 17.8 Å². The normalized spacial score (nSPS) is 20.2. The standard InChI is InChI=1S/C34H34F3N3O8/c1-20-18-40(31(45)39-28(20)42)27-17-26(41)32(48-27,19-38-30(44)34(35,36)37)29(43)33(21-7-5-4-6-8-21,22-9-13-24(46-2)14-10-22)23-11-15-25(47-3)16-12-23/h4-16,18,26-27,29,41,43H,17,19H2,1-3H3,(H,38,44)(H,39,42,45)/t26-,27+,29?,32-/m0/s1. The van der Waals surface area contributed by atoms with Crippen molar-refractivity contribution in [2.45, 2.75) is 49.0 Å². The molecule has 0 spiro atoms. The summed E-state index contributed by atoms with van der Waals surface area (Å²) in [7, 11) is 2.94. The quantitative estimate of drug-likeness (QED) is 0.188. The van der Waals surface area contributed by atoms with Crippen LogP contribution in [-0.4, -0.2) is 70.4 Å². The average molecular weight is 670 g/mol. The Hall–Kier alpha value is -4.92. The molecule has 5 rings (SSSR count). The maximum Gasteiger partial charge on any atom is 0.471 e. The molecular weight excluding hydrogens is 635 g/mol. The Kier molecular flexibility index (Phi) is 9.53. The van der Waals surface area contributed by atoms with Crippen LogP contribution in [0.2, 0.25) is 0 Å². The summed E-state index contributed by atoms with van der Waals surface area (Å²) in [5.74, 6) is -1.38. The summed E-state index contributed by atoms with van der Waals surface area (Å²) in [4.78, 5) is 39.3. The number of aliphatic hydroxyl groups is 2. The molecule has 0 saturated carbocycles. The summed E-state index contributed by atoms with van der Waals surface area (Å²) in [6.07, 6.45) is -9.61. The van der Waals surface area contributed by atoms with Crippen molar-refractivity contribution < 1.29 is 42.4 Å². The number of nitrogens with zero attached hydrogens (tertiary/aromatic N) is 1. The maximum atomic E-state index is 13.5. The van der Waals surface area contributed by atoms with Gasteiger partial charge in [-0.1, -0.05) is 54.6 Å². The van der Waals surface area contributed by atoms with Gasteiger partial charge in [-0.3, -0.25) is 19.1 Å². The van der Waals surface area contributed by atoms with Gasteiger partial charge in [0.05, 0.1) is 32.3 Å². The van der Waals surface area contributed by atoms with Crippen LogP contribution in [-0.2, 0) is 14.9 Å². The number of aliphatic hydroxyl groups excluding tert-OH is 2. The fraction of sp³-hybridized carbons (Fsp3) is 0.324. The molecule has 0 bridgehead atoms. The molecule has 3 aromatic carbocycles. The van der Waals surface area contributed by atoms with Crippen LogP contribution in [0.5, 0.6) is 11.5 Å². The van der Waals surface area contributed by atoms with Gasteiger partial charge < -0.3 is 29.7 Å². The minimum absolute atomic E-state index is 0.117. The predicted molar refractivity (Wildman–Crippen MR) is 167 cm³/mol. The van der Waals surface area contributed by atoms with E-state index >= 15 is 0 Å². The second kappa shape index (κ2) is 13.3. The molecule has 0 aliphatic carbocycles. The van der Waals surface area contributed by atoms with E-state index in [1.807, 2.05) is 0 Å². The molecule has 4 N–H and O–H groups in total. The largest absolute Gasteiger partial charge is 0.497 e. The van der Waals surface area contributed by atoms with Crippen molar-refractivity contribution in [3.63, 3.8) is 0 Å². The third-order valence-electron chi connectivity index (χ3n) is 8.78. The van der Waals surface area contributed by atoms with Crippen molar-refractivity contribution in [1.29, 1.82) is 0 Å². The molecule has 4 aromatic rings. The Balaban J connectivity index is 1.80. The first-order valence-electron chi connectivity index (χ1n) is 14.8. The third-order valence-corrected chi connectivity index (χ3v) is 8.78. The number of halogens is 3. The number of aromatic nitrogens is 2. The highest BCUT2D eigenvalue weighted by atomic mass is 19.4. The van der Waals surface area contributed by atoms with E-state index in [-0.39, 0.29) is 5.56 Å². The number of carbonyl (C=O) groups excluding carboxylic acids is 1. The number of hydrogen-bond acceptors (Lipinski definition) is 8. The topological polar surface area (TPSA) is 152 Å². The number of nitrogens with one attached hydrogen (secondary N) is 2. The Morgan fingerprint density at radius 2 is 1.50 bits per heavy atom. The lowest BCUT2D eigenvalue weighted by molar-refractivity contribution is -0.187. The molecule has 11 nitrogen and oxygen atoms in total. The highest BCUT2D eigenvalue weighted by molar-refractivity contribution is 5.81. The molecular formula is C34H34F3N3O8. The molecule has 1 aliphatic rings. The van der Waals surface area contributed by atoms with E-state index in [0.29, 0.717) is 28.2 Å². The molecule has 4 atom stereocenters. The summed E-state index contributed by atoms with van der Waals surface area (Å²) in [6.45, 7) is 0.405. The maximum absolute atomic E-state index is 13.5. The zero-order valence-electron chi connectivity index (χ0n) is 26.2. The molecule has 1 saturated heterocycles. The van der Waals surface area contributed by atoms with Gasteiger partial charge in [-0.15, -0.1) is 0 Å². The summed E-state index contributed by atoms with van der Waals surface area (Å²) in [5.41, 5.74) is -4.26. The van der Waals surface area contributed by atoms with Crippen LogP contribution in [0.4, 0.5) is 13.2 Å². The number of hydrogen-bond donors (Lipinski definition) is 4. The molecule has 1 unspecified atom stereocenters. The molecule has 2 heterocycles. The van der Waals surface area contributed by atoms with E-state index in [4.69, 9.17) is 14.2 Å². The molecule has 1 aliphatic heterocycles. The van der Waals surface area contributed by atoms with Crippen molar-refractivity contribution in [1.82, 2.24) is 14.9 Å². The molecule has 0 radical (unpaired) electrons. The predicted octanol–water partition coefficient (Wildman–Crippen LogP) is 2.95. The summed E-state index contributed by atoms with van der Waals surface area (Å²) < 4.78 is 58.5. The number of aryl methyl sites for hydroxylation is 1. The van der Waals surface area contributed by atoms with E-state index < -0.39 is 65.7 Å². The van der Waals surface area contributed by atoms with Crippen molar-refractivity contribution in [3.05, 3.63) is 128 Å². The lowest BCUT2D eigenvalue weighted by Crippen LogP contribution is -2.65. The van der Waals surface area contributed by atoms with Crippen LogP contribution in [0.3, 0.4) is 0 Å². The number of aromatic amines is 1. The Morgan fingerprint density at radius 3 is 2.00 bits per heavy atom. The fourth-order valence-corrected chi connectivity index (χ4v) is 6.31. The molecule has 1 aromatic heterocycles. The van der Waals surface area contributed by atoms with E-state index in [1.165, 1.54) is 27.3 Å². The number of benzene rings is 3. The minimum Gasteiger partial charge on any atom is -0.497 e. The number of ether oxygens (including phenoxy) is 3. The van der Waals surface area contributed by atoms with Crippen LogP contribution in [0.15, 0.2) is 94.6 Å². The number of H-pyrrole nitrogens is 1. The zero-order valence-corrected chi connectivity index (χ0v) is 26.2. The van der Waals surface area contributed by atoms with Crippen molar-refractivity contribution in [2.24, 2.45) is 0 Å². The second-order valence-electron chi connectivity index (χ2n) is 11.5. The zero-order chi connectivity index (χ0) is 34.9. The number of carbonyl (C=O) groups is 1. The second-order valence-corrected chi connectivity index (χ2v) is 11.5. The third kappa shape index (κ3) is 6.09. The highest BCUT2D eigenvalue weighted by Crippen LogP contribution is 2.51.